The Morgan fingerprint density at radius 2 is 1.83 bits per heavy atom. The van der Waals surface area contributed by atoms with Gasteiger partial charge in [-0.3, -0.25) is 4.79 Å². The second kappa shape index (κ2) is 8.52. The molecule has 0 aromatic rings. The average molecular weight is 254 g/mol. The summed E-state index contributed by atoms with van der Waals surface area (Å²) >= 11 is 0. The van der Waals surface area contributed by atoms with E-state index in [0.29, 0.717) is 17.9 Å². The van der Waals surface area contributed by atoms with Gasteiger partial charge in [-0.25, -0.2) is 0 Å². The van der Waals surface area contributed by atoms with Crippen LogP contribution in [0.3, 0.4) is 0 Å². The van der Waals surface area contributed by atoms with E-state index in [1.807, 2.05) is 0 Å². The highest BCUT2D eigenvalue weighted by Gasteiger charge is 2.22. The van der Waals surface area contributed by atoms with Crippen LogP contribution in [0.1, 0.15) is 65.2 Å². The van der Waals surface area contributed by atoms with E-state index in [4.69, 9.17) is 5.73 Å². The summed E-state index contributed by atoms with van der Waals surface area (Å²) in [4.78, 5) is 12.0. The first-order valence-corrected chi connectivity index (χ1v) is 7.68. The summed E-state index contributed by atoms with van der Waals surface area (Å²) in [5.41, 5.74) is 5.69. The lowest BCUT2D eigenvalue weighted by atomic mass is 9.80. The molecule has 0 spiro atoms. The molecule has 0 saturated heterocycles. The summed E-state index contributed by atoms with van der Waals surface area (Å²) in [7, 11) is 0. The van der Waals surface area contributed by atoms with Crippen molar-refractivity contribution in [2.75, 3.05) is 6.54 Å². The normalized spacial score (nSPS) is 25.7. The summed E-state index contributed by atoms with van der Waals surface area (Å²) < 4.78 is 0. The average Bonchev–Trinajstić information content (AvgIpc) is 2.39. The molecule has 106 valence electrons. The van der Waals surface area contributed by atoms with E-state index in [1.54, 1.807) is 0 Å². The van der Waals surface area contributed by atoms with Crippen LogP contribution in [0.4, 0.5) is 0 Å². The number of rotatable bonds is 7. The molecular formula is C15H30N2O. The number of carbonyl (C=O) groups is 1. The molecule has 0 bridgehead atoms. The van der Waals surface area contributed by atoms with Crippen LogP contribution >= 0.6 is 0 Å². The molecule has 1 aliphatic carbocycles. The van der Waals surface area contributed by atoms with Crippen molar-refractivity contribution < 1.29 is 4.79 Å². The Bertz CT molecular complexity index is 235. The van der Waals surface area contributed by atoms with Gasteiger partial charge in [0.2, 0.25) is 5.91 Å². The monoisotopic (exact) mass is 254 g/mol. The quantitative estimate of drug-likeness (QED) is 0.734. The van der Waals surface area contributed by atoms with Crippen LogP contribution in [-0.4, -0.2) is 18.5 Å². The standard InChI is InChI=1S/C15H30N2O/c1-3-5-14(4-2)17-15(18)10-12-6-8-13(11-16)9-7-12/h12-14H,3-11,16H2,1-2H3,(H,17,18). The lowest BCUT2D eigenvalue weighted by Crippen LogP contribution is -2.36. The highest BCUT2D eigenvalue weighted by molar-refractivity contribution is 5.76. The van der Waals surface area contributed by atoms with E-state index in [0.717, 1.165) is 32.2 Å². The smallest absolute Gasteiger partial charge is 0.220 e. The Balaban J connectivity index is 2.23. The molecule has 1 fully saturated rings. The third kappa shape index (κ3) is 5.38. The van der Waals surface area contributed by atoms with Crippen LogP contribution in [0.15, 0.2) is 0 Å². The van der Waals surface area contributed by atoms with Crippen LogP contribution in [0.5, 0.6) is 0 Å². The van der Waals surface area contributed by atoms with Crippen LogP contribution in [0.2, 0.25) is 0 Å². The molecule has 1 amide bonds. The molecule has 0 aromatic heterocycles. The molecule has 3 nitrogen and oxygen atoms in total. The molecule has 0 heterocycles. The van der Waals surface area contributed by atoms with Crippen LogP contribution in [-0.2, 0) is 4.79 Å². The first kappa shape index (κ1) is 15.5. The lowest BCUT2D eigenvalue weighted by molar-refractivity contribution is -0.123. The van der Waals surface area contributed by atoms with Gasteiger partial charge < -0.3 is 11.1 Å². The van der Waals surface area contributed by atoms with Gasteiger partial charge in [0.25, 0.3) is 0 Å². The maximum atomic E-state index is 12.0. The molecule has 1 unspecified atom stereocenters. The minimum atomic E-state index is 0.256. The zero-order valence-electron chi connectivity index (χ0n) is 12.1. The summed E-state index contributed by atoms with van der Waals surface area (Å²) in [6, 6.07) is 0.378. The molecule has 1 saturated carbocycles. The van der Waals surface area contributed by atoms with E-state index in [9.17, 15) is 4.79 Å². The number of amides is 1. The maximum Gasteiger partial charge on any atom is 0.220 e. The highest BCUT2D eigenvalue weighted by atomic mass is 16.1. The second-order valence-corrected chi connectivity index (χ2v) is 5.79. The van der Waals surface area contributed by atoms with Gasteiger partial charge in [-0.1, -0.05) is 20.3 Å². The van der Waals surface area contributed by atoms with Crippen molar-refractivity contribution in [3.05, 3.63) is 0 Å². The van der Waals surface area contributed by atoms with Crippen molar-refractivity contribution in [2.45, 2.75) is 71.3 Å². The highest BCUT2D eigenvalue weighted by Crippen LogP contribution is 2.30. The van der Waals surface area contributed by atoms with Gasteiger partial charge in [-0.05, 0) is 56.9 Å². The minimum Gasteiger partial charge on any atom is -0.353 e. The maximum absolute atomic E-state index is 12.0. The Morgan fingerprint density at radius 3 is 2.33 bits per heavy atom. The van der Waals surface area contributed by atoms with E-state index >= 15 is 0 Å². The molecule has 0 radical (unpaired) electrons. The fourth-order valence-electron chi connectivity index (χ4n) is 2.95. The molecule has 1 aliphatic rings. The van der Waals surface area contributed by atoms with Crippen molar-refractivity contribution in [2.24, 2.45) is 17.6 Å². The van der Waals surface area contributed by atoms with Gasteiger partial charge in [0, 0.05) is 12.5 Å². The van der Waals surface area contributed by atoms with E-state index in [-0.39, 0.29) is 5.91 Å². The first-order valence-electron chi connectivity index (χ1n) is 7.68. The Kier molecular flexibility index (Phi) is 7.33. The molecular weight excluding hydrogens is 224 g/mol. The minimum absolute atomic E-state index is 0.256. The fraction of sp³-hybridized carbons (Fsp3) is 0.933. The fourth-order valence-corrected chi connectivity index (χ4v) is 2.95. The van der Waals surface area contributed by atoms with Crippen molar-refractivity contribution >= 4 is 5.91 Å². The zero-order chi connectivity index (χ0) is 13.4. The van der Waals surface area contributed by atoms with Gasteiger partial charge >= 0.3 is 0 Å². The summed E-state index contributed by atoms with van der Waals surface area (Å²) in [6.45, 7) is 5.13. The van der Waals surface area contributed by atoms with Gasteiger partial charge in [0.05, 0.1) is 0 Å². The molecule has 1 atom stereocenters. The second-order valence-electron chi connectivity index (χ2n) is 5.79. The van der Waals surface area contributed by atoms with Crippen LogP contribution in [0.25, 0.3) is 0 Å². The number of nitrogens with one attached hydrogen (secondary N) is 1. The molecule has 0 aromatic carbocycles. The summed E-state index contributed by atoms with van der Waals surface area (Å²) in [5.74, 6) is 1.55. The van der Waals surface area contributed by atoms with Crippen molar-refractivity contribution in [1.82, 2.24) is 5.32 Å². The molecule has 1 rings (SSSR count). The summed E-state index contributed by atoms with van der Waals surface area (Å²) in [6.07, 6.45) is 8.78. The predicted octanol–water partition coefficient (Wildman–Crippen LogP) is 2.84. The van der Waals surface area contributed by atoms with Crippen molar-refractivity contribution in [3.63, 3.8) is 0 Å². The van der Waals surface area contributed by atoms with E-state index < -0.39 is 0 Å². The van der Waals surface area contributed by atoms with Crippen molar-refractivity contribution in [3.8, 4) is 0 Å². The van der Waals surface area contributed by atoms with E-state index in [1.165, 1.54) is 25.7 Å². The SMILES string of the molecule is CCCC(CC)NC(=O)CC1CCC(CN)CC1. The van der Waals surface area contributed by atoms with Crippen LogP contribution in [0, 0.1) is 11.8 Å². The third-order valence-corrected chi connectivity index (χ3v) is 4.27. The Morgan fingerprint density at radius 1 is 1.22 bits per heavy atom. The topological polar surface area (TPSA) is 55.1 Å². The van der Waals surface area contributed by atoms with Crippen molar-refractivity contribution in [1.29, 1.82) is 0 Å². The van der Waals surface area contributed by atoms with E-state index in [2.05, 4.69) is 19.2 Å². The number of hydrogen-bond acceptors (Lipinski definition) is 2. The Hall–Kier alpha value is -0.570. The van der Waals surface area contributed by atoms with Gasteiger partial charge in [0.15, 0.2) is 0 Å². The number of nitrogens with two attached hydrogens (primary N) is 1. The molecule has 18 heavy (non-hydrogen) atoms. The third-order valence-electron chi connectivity index (χ3n) is 4.27. The number of carbonyl (C=O) groups excluding carboxylic acids is 1. The Labute approximate surface area is 112 Å². The predicted molar refractivity (Wildman–Crippen MR) is 76.2 cm³/mol. The lowest BCUT2D eigenvalue weighted by Gasteiger charge is -2.27. The summed E-state index contributed by atoms with van der Waals surface area (Å²) in [5, 5.41) is 3.18. The number of hydrogen-bond donors (Lipinski definition) is 2. The zero-order valence-corrected chi connectivity index (χ0v) is 12.1. The molecule has 3 heteroatoms. The largest absolute Gasteiger partial charge is 0.353 e. The first-order chi connectivity index (χ1) is 8.69. The van der Waals surface area contributed by atoms with Gasteiger partial charge in [0.1, 0.15) is 0 Å². The van der Waals surface area contributed by atoms with Crippen LogP contribution < -0.4 is 11.1 Å². The van der Waals surface area contributed by atoms with Gasteiger partial charge in [-0.2, -0.15) is 0 Å². The molecule has 3 N–H and O–H groups in total. The van der Waals surface area contributed by atoms with Gasteiger partial charge in [-0.15, -0.1) is 0 Å². The molecule has 0 aliphatic heterocycles.